The van der Waals surface area contributed by atoms with Crippen LogP contribution in [0.5, 0.6) is 0 Å². The zero-order valence-corrected chi connectivity index (χ0v) is 15.7. The Balaban J connectivity index is 1.73. The molecule has 0 radical (unpaired) electrons. The van der Waals surface area contributed by atoms with E-state index in [4.69, 9.17) is 0 Å². The van der Waals surface area contributed by atoms with Gasteiger partial charge in [0, 0.05) is 32.0 Å². The molecule has 25 heavy (non-hydrogen) atoms. The molecular formula is C18H24N4O2S. The van der Waals surface area contributed by atoms with Gasteiger partial charge in [-0.05, 0) is 24.5 Å². The molecule has 0 fully saturated rings. The Morgan fingerprint density at radius 3 is 2.56 bits per heavy atom. The highest BCUT2D eigenvalue weighted by molar-refractivity contribution is 7.15. The predicted octanol–water partition coefficient (Wildman–Crippen LogP) is 3.51. The van der Waals surface area contributed by atoms with Crippen LogP contribution in [0.2, 0.25) is 0 Å². The van der Waals surface area contributed by atoms with Gasteiger partial charge in [-0.1, -0.05) is 43.4 Å². The Labute approximate surface area is 152 Å². The van der Waals surface area contributed by atoms with E-state index in [0.29, 0.717) is 23.9 Å². The van der Waals surface area contributed by atoms with Crippen molar-refractivity contribution in [3.8, 4) is 0 Å². The molecule has 1 heterocycles. The summed E-state index contributed by atoms with van der Waals surface area (Å²) in [6.07, 6.45) is 1.97. The van der Waals surface area contributed by atoms with Crippen LogP contribution in [0.15, 0.2) is 30.3 Å². The maximum absolute atomic E-state index is 12.2. The van der Waals surface area contributed by atoms with Crippen LogP contribution in [0.4, 0.5) is 10.8 Å². The van der Waals surface area contributed by atoms with E-state index in [0.717, 1.165) is 17.1 Å². The van der Waals surface area contributed by atoms with Crippen molar-refractivity contribution in [2.45, 2.75) is 39.5 Å². The van der Waals surface area contributed by atoms with Crippen LogP contribution < -0.4 is 10.2 Å². The predicted molar refractivity (Wildman–Crippen MR) is 101 cm³/mol. The first-order valence-corrected chi connectivity index (χ1v) is 9.21. The summed E-state index contributed by atoms with van der Waals surface area (Å²) in [5, 5.41) is 12.2. The molecule has 2 amide bonds. The van der Waals surface area contributed by atoms with Crippen molar-refractivity contribution < 1.29 is 9.59 Å². The van der Waals surface area contributed by atoms with Crippen molar-refractivity contribution in [3.05, 3.63) is 35.3 Å². The van der Waals surface area contributed by atoms with E-state index in [1.54, 1.807) is 11.9 Å². The van der Waals surface area contributed by atoms with Gasteiger partial charge in [0.2, 0.25) is 16.9 Å². The molecule has 6 nitrogen and oxygen atoms in total. The number of aromatic nitrogens is 2. The maximum atomic E-state index is 12.2. The topological polar surface area (TPSA) is 75.2 Å². The number of amides is 2. The summed E-state index contributed by atoms with van der Waals surface area (Å²) in [6, 6.07) is 9.46. The van der Waals surface area contributed by atoms with Crippen molar-refractivity contribution in [1.82, 2.24) is 10.2 Å². The normalized spacial score (nSPS) is 10.7. The average molecular weight is 360 g/mol. The third kappa shape index (κ3) is 6.26. The van der Waals surface area contributed by atoms with E-state index in [-0.39, 0.29) is 18.2 Å². The number of carbonyl (C=O) groups excluding carboxylic acids is 2. The minimum absolute atomic E-state index is 0.00543. The minimum atomic E-state index is -0.137. The second kappa shape index (κ2) is 9.27. The Kier molecular flexibility index (Phi) is 7.06. The van der Waals surface area contributed by atoms with Gasteiger partial charge in [0.1, 0.15) is 5.01 Å². The fraction of sp³-hybridized carbons (Fsp3) is 0.444. The van der Waals surface area contributed by atoms with Gasteiger partial charge in [-0.3, -0.25) is 9.59 Å². The third-order valence-electron chi connectivity index (χ3n) is 3.61. The van der Waals surface area contributed by atoms with Gasteiger partial charge in [-0.2, -0.15) is 0 Å². The Morgan fingerprint density at radius 1 is 1.16 bits per heavy atom. The fourth-order valence-corrected chi connectivity index (χ4v) is 3.25. The summed E-state index contributed by atoms with van der Waals surface area (Å²) in [4.78, 5) is 25.7. The summed E-state index contributed by atoms with van der Waals surface area (Å²) >= 11 is 1.40. The average Bonchev–Trinajstić information content (AvgIpc) is 3.00. The molecule has 0 atom stereocenters. The molecule has 7 heteroatoms. The van der Waals surface area contributed by atoms with Crippen LogP contribution >= 0.6 is 11.3 Å². The molecule has 0 saturated carbocycles. The number of benzene rings is 1. The van der Waals surface area contributed by atoms with Crippen LogP contribution in [-0.4, -0.2) is 29.1 Å². The Morgan fingerprint density at radius 2 is 1.88 bits per heavy atom. The lowest BCUT2D eigenvalue weighted by Crippen LogP contribution is -2.26. The largest absolute Gasteiger partial charge is 0.316 e. The molecular weight excluding hydrogens is 336 g/mol. The van der Waals surface area contributed by atoms with Gasteiger partial charge in [0.25, 0.3) is 0 Å². The van der Waals surface area contributed by atoms with Gasteiger partial charge in [-0.15, -0.1) is 10.2 Å². The molecule has 134 valence electrons. The highest BCUT2D eigenvalue weighted by Crippen LogP contribution is 2.19. The summed E-state index contributed by atoms with van der Waals surface area (Å²) in [6.45, 7) is 4.23. The van der Waals surface area contributed by atoms with Crippen molar-refractivity contribution >= 4 is 34.0 Å². The molecule has 1 aromatic heterocycles. The SMILES string of the molecule is CC(C)Cc1nnc(NC(=O)CCCC(=O)N(C)c2ccccc2)s1. The summed E-state index contributed by atoms with van der Waals surface area (Å²) in [5.41, 5.74) is 0.850. The van der Waals surface area contributed by atoms with Crippen molar-refractivity contribution in [1.29, 1.82) is 0 Å². The molecule has 1 aromatic carbocycles. The quantitative estimate of drug-likeness (QED) is 0.782. The van der Waals surface area contributed by atoms with Gasteiger partial charge < -0.3 is 10.2 Å². The highest BCUT2D eigenvalue weighted by atomic mass is 32.1. The second-order valence-electron chi connectivity index (χ2n) is 6.29. The van der Waals surface area contributed by atoms with E-state index in [2.05, 4.69) is 29.4 Å². The molecule has 0 aliphatic rings. The van der Waals surface area contributed by atoms with Crippen LogP contribution in [0.1, 0.15) is 38.1 Å². The van der Waals surface area contributed by atoms with Crippen LogP contribution in [0.25, 0.3) is 0 Å². The smallest absolute Gasteiger partial charge is 0.226 e. The number of para-hydroxylation sites is 1. The lowest BCUT2D eigenvalue weighted by Gasteiger charge is -2.16. The monoisotopic (exact) mass is 360 g/mol. The Hall–Kier alpha value is -2.28. The third-order valence-corrected chi connectivity index (χ3v) is 4.47. The van der Waals surface area contributed by atoms with E-state index >= 15 is 0 Å². The Bertz CT molecular complexity index is 700. The van der Waals surface area contributed by atoms with Crippen LogP contribution in [0, 0.1) is 5.92 Å². The molecule has 0 spiro atoms. The number of hydrogen-bond acceptors (Lipinski definition) is 5. The number of hydrogen-bond donors (Lipinski definition) is 1. The van der Waals surface area contributed by atoms with Gasteiger partial charge in [-0.25, -0.2) is 0 Å². The molecule has 0 unspecified atom stereocenters. The van der Waals surface area contributed by atoms with Crippen LogP contribution in [0.3, 0.4) is 0 Å². The number of anilines is 2. The van der Waals surface area contributed by atoms with E-state index in [1.807, 2.05) is 30.3 Å². The van der Waals surface area contributed by atoms with E-state index < -0.39 is 0 Å². The van der Waals surface area contributed by atoms with E-state index in [1.165, 1.54) is 11.3 Å². The zero-order valence-electron chi connectivity index (χ0n) is 14.9. The minimum Gasteiger partial charge on any atom is -0.316 e. The lowest BCUT2D eigenvalue weighted by atomic mass is 10.1. The van der Waals surface area contributed by atoms with Crippen LogP contribution in [-0.2, 0) is 16.0 Å². The number of rotatable bonds is 8. The molecule has 0 aliphatic carbocycles. The summed E-state index contributed by atoms with van der Waals surface area (Å²) < 4.78 is 0. The fourth-order valence-electron chi connectivity index (χ4n) is 2.28. The number of nitrogens with zero attached hydrogens (tertiary/aromatic N) is 3. The molecule has 0 bridgehead atoms. The summed E-state index contributed by atoms with van der Waals surface area (Å²) in [7, 11) is 1.75. The first-order chi connectivity index (χ1) is 12.0. The number of nitrogens with one attached hydrogen (secondary N) is 1. The molecule has 0 saturated heterocycles. The zero-order chi connectivity index (χ0) is 18.2. The number of carbonyl (C=O) groups is 2. The summed E-state index contributed by atoms with van der Waals surface area (Å²) in [5.74, 6) is 0.362. The highest BCUT2D eigenvalue weighted by Gasteiger charge is 2.13. The first kappa shape index (κ1) is 19.1. The maximum Gasteiger partial charge on any atom is 0.226 e. The molecule has 1 N–H and O–H groups in total. The van der Waals surface area contributed by atoms with Gasteiger partial charge >= 0.3 is 0 Å². The molecule has 2 rings (SSSR count). The van der Waals surface area contributed by atoms with Crippen molar-refractivity contribution in [3.63, 3.8) is 0 Å². The second-order valence-corrected chi connectivity index (χ2v) is 7.35. The van der Waals surface area contributed by atoms with Crippen molar-refractivity contribution in [2.75, 3.05) is 17.3 Å². The van der Waals surface area contributed by atoms with Gasteiger partial charge in [0.05, 0.1) is 0 Å². The van der Waals surface area contributed by atoms with Gasteiger partial charge in [0.15, 0.2) is 0 Å². The van der Waals surface area contributed by atoms with Crippen molar-refractivity contribution in [2.24, 2.45) is 5.92 Å². The standard InChI is InChI=1S/C18H24N4O2S/c1-13(2)12-16-20-21-18(25-16)19-15(23)10-7-11-17(24)22(3)14-8-5-4-6-9-14/h4-6,8-9,13H,7,10-12H2,1-3H3,(H,19,21,23). The lowest BCUT2D eigenvalue weighted by molar-refractivity contribution is -0.118. The molecule has 0 aliphatic heterocycles. The van der Waals surface area contributed by atoms with E-state index in [9.17, 15) is 9.59 Å². The molecule has 2 aromatic rings. The first-order valence-electron chi connectivity index (χ1n) is 8.39.